The standard InChI is InChI=1S/C22H24O12/c1-6-13(24)18(29)19(30)22(33-6)34-10-5-8-12(17(28)21(10)32-3)14(25)7-4-9(23)20(31-2)16(27)11(7)15(8)26/h4-6,13,18-19,22-30H,1-3H3. The minimum absolute atomic E-state index is 0.191. The summed E-state index contributed by atoms with van der Waals surface area (Å²) in [6, 6.07) is 2.19. The number of phenolic OH excluding ortho intramolecular Hbond substituents is 5. The van der Waals surface area contributed by atoms with Crippen molar-refractivity contribution in [3.05, 3.63) is 12.1 Å². The maximum absolute atomic E-state index is 10.9. The summed E-state index contributed by atoms with van der Waals surface area (Å²) in [5.74, 6) is -3.98. The molecule has 1 aliphatic heterocycles. The lowest BCUT2D eigenvalue weighted by Crippen LogP contribution is -2.58. The fourth-order valence-electron chi connectivity index (χ4n) is 4.11. The van der Waals surface area contributed by atoms with Gasteiger partial charge in [-0.25, -0.2) is 0 Å². The first-order chi connectivity index (χ1) is 16.0. The zero-order valence-electron chi connectivity index (χ0n) is 18.3. The van der Waals surface area contributed by atoms with Crippen LogP contribution in [0, 0.1) is 0 Å². The van der Waals surface area contributed by atoms with Crippen LogP contribution >= 0.6 is 0 Å². The summed E-state index contributed by atoms with van der Waals surface area (Å²) in [4.78, 5) is 0. The van der Waals surface area contributed by atoms with Crippen molar-refractivity contribution in [3.63, 3.8) is 0 Å². The van der Waals surface area contributed by atoms with Crippen molar-refractivity contribution in [2.24, 2.45) is 0 Å². The molecule has 3 aromatic carbocycles. The summed E-state index contributed by atoms with van der Waals surface area (Å²) in [6.45, 7) is 1.45. The Hall–Kier alpha value is -3.58. The summed E-state index contributed by atoms with van der Waals surface area (Å²) in [6.07, 6.45) is -7.05. The van der Waals surface area contributed by atoms with Gasteiger partial charge in [-0.2, -0.15) is 0 Å². The van der Waals surface area contributed by atoms with Gasteiger partial charge in [0.25, 0.3) is 0 Å². The van der Waals surface area contributed by atoms with Gasteiger partial charge in [0.05, 0.1) is 31.1 Å². The number of aromatic hydroxyl groups is 5. The van der Waals surface area contributed by atoms with Crippen LogP contribution in [0.3, 0.4) is 0 Å². The summed E-state index contributed by atoms with van der Waals surface area (Å²) in [5.41, 5.74) is 0. The number of aliphatic hydroxyl groups excluding tert-OH is 3. The molecule has 5 unspecified atom stereocenters. The molecule has 1 aliphatic rings. The van der Waals surface area contributed by atoms with Crippen molar-refractivity contribution in [1.82, 2.24) is 0 Å². The van der Waals surface area contributed by atoms with Gasteiger partial charge >= 0.3 is 0 Å². The first kappa shape index (κ1) is 23.6. The summed E-state index contributed by atoms with van der Waals surface area (Å²) in [7, 11) is 2.37. The summed E-state index contributed by atoms with van der Waals surface area (Å²) >= 11 is 0. The van der Waals surface area contributed by atoms with Crippen LogP contribution in [0.1, 0.15) is 6.92 Å². The van der Waals surface area contributed by atoms with Gasteiger partial charge in [-0.15, -0.1) is 0 Å². The van der Waals surface area contributed by atoms with Crippen LogP contribution in [0.2, 0.25) is 0 Å². The average Bonchev–Trinajstić information content (AvgIpc) is 2.79. The van der Waals surface area contributed by atoms with E-state index in [1.807, 2.05) is 0 Å². The maximum atomic E-state index is 10.9. The third kappa shape index (κ3) is 3.30. The molecule has 0 bridgehead atoms. The molecule has 0 aromatic heterocycles. The Labute approximate surface area is 192 Å². The van der Waals surface area contributed by atoms with Gasteiger partial charge in [-0.3, -0.25) is 0 Å². The number of aliphatic hydroxyl groups is 3. The van der Waals surface area contributed by atoms with Crippen LogP contribution in [-0.4, -0.2) is 85.8 Å². The molecule has 0 spiro atoms. The second-order valence-corrected chi connectivity index (χ2v) is 7.88. The van der Waals surface area contributed by atoms with Gasteiger partial charge in [0.15, 0.2) is 23.0 Å². The number of hydrogen-bond donors (Lipinski definition) is 8. The van der Waals surface area contributed by atoms with E-state index >= 15 is 0 Å². The number of hydrogen-bond acceptors (Lipinski definition) is 12. The topological polar surface area (TPSA) is 199 Å². The Kier molecular flexibility index (Phi) is 5.77. The molecule has 1 fully saturated rings. The molecule has 5 atom stereocenters. The predicted molar refractivity (Wildman–Crippen MR) is 116 cm³/mol. The number of phenols is 5. The van der Waals surface area contributed by atoms with E-state index < -0.39 is 59.5 Å². The first-order valence-corrected chi connectivity index (χ1v) is 10.1. The zero-order valence-corrected chi connectivity index (χ0v) is 18.3. The van der Waals surface area contributed by atoms with E-state index in [0.717, 1.165) is 12.1 Å². The fourth-order valence-corrected chi connectivity index (χ4v) is 4.11. The molecule has 12 nitrogen and oxygen atoms in total. The zero-order chi connectivity index (χ0) is 25.1. The highest BCUT2D eigenvalue weighted by Gasteiger charge is 2.43. The lowest BCUT2D eigenvalue weighted by molar-refractivity contribution is -0.268. The highest BCUT2D eigenvalue weighted by molar-refractivity contribution is 6.16. The van der Waals surface area contributed by atoms with Crippen molar-refractivity contribution in [3.8, 4) is 46.0 Å². The SMILES string of the molecule is COc1c(O)cc2c(O)c3c(O)c(OC)c(OC4OC(C)C(O)C(O)C4O)cc3c(O)c2c1O. The molecule has 8 N–H and O–H groups in total. The Morgan fingerprint density at radius 2 is 1.24 bits per heavy atom. The van der Waals surface area contributed by atoms with Gasteiger partial charge in [0, 0.05) is 10.8 Å². The smallest absolute Gasteiger partial charge is 0.229 e. The van der Waals surface area contributed by atoms with E-state index in [0.29, 0.717) is 0 Å². The Morgan fingerprint density at radius 1 is 0.706 bits per heavy atom. The lowest BCUT2D eigenvalue weighted by Gasteiger charge is -2.39. The van der Waals surface area contributed by atoms with Crippen LogP contribution in [0.15, 0.2) is 12.1 Å². The molecular weight excluding hydrogens is 456 g/mol. The van der Waals surface area contributed by atoms with E-state index in [1.54, 1.807) is 0 Å². The molecule has 34 heavy (non-hydrogen) atoms. The minimum atomic E-state index is -1.68. The number of methoxy groups -OCH3 is 2. The Bertz CT molecular complexity index is 1270. The van der Waals surface area contributed by atoms with E-state index in [1.165, 1.54) is 21.1 Å². The molecule has 12 heteroatoms. The molecule has 0 radical (unpaired) electrons. The van der Waals surface area contributed by atoms with Crippen LogP contribution in [0.4, 0.5) is 0 Å². The maximum Gasteiger partial charge on any atom is 0.229 e. The van der Waals surface area contributed by atoms with Gasteiger partial charge in [0.1, 0.15) is 29.8 Å². The second kappa shape index (κ2) is 8.33. The fraction of sp³-hybridized carbons (Fsp3) is 0.364. The quantitative estimate of drug-likeness (QED) is 0.193. The lowest BCUT2D eigenvalue weighted by atomic mass is 9.97. The van der Waals surface area contributed by atoms with Crippen LogP contribution < -0.4 is 14.2 Å². The van der Waals surface area contributed by atoms with Crippen LogP contribution in [-0.2, 0) is 4.74 Å². The molecule has 1 saturated heterocycles. The normalized spacial score (nSPS) is 24.9. The molecule has 0 saturated carbocycles. The minimum Gasteiger partial charge on any atom is -0.506 e. The van der Waals surface area contributed by atoms with Crippen molar-refractivity contribution in [1.29, 1.82) is 0 Å². The monoisotopic (exact) mass is 480 g/mol. The van der Waals surface area contributed by atoms with E-state index in [9.17, 15) is 40.9 Å². The summed E-state index contributed by atoms with van der Waals surface area (Å²) < 4.78 is 21.2. The number of benzene rings is 3. The van der Waals surface area contributed by atoms with Crippen LogP contribution in [0.5, 0.6) is 46.0 Å². The molecule has 184 valence electrons. The molecule has 4 rings (SSSR count). The predicted octanol–water partition coefficient (Wildman–Crippen LogP) is 0.744. The third-order valence-corrected chi connectivity index (χ3v) is 5.90. The average molecular weight is 480 g/mol. The Balaban J connectivity index is 1.96. The first-order valence-electron chi connectivity index (χ1n) is 10.1. The largest absolute Gasteiger partial charge is 0.506 e. The van der Waals surface area contributed by atoms with E-state index in [-0.39, 0.29) is 38.8 Å². The van der Waals surface area contributed by atoms with Gasteiger partial charge in [-0.1, -0.05) is 0 Å². The molecule has 1 heterocycles. The molecule has 3 aromatic rings. The van der Waals surface area contributed by atoms with Crippen LogP contribution in [0.25, 0.3) is 21.5 Å². The summed E-state index contributed by atoms with van der Waals surface area (Å²) in [5, 5.41) is 82.5. The van der Waals surface area contributed by atoms with Crippen molar-refractivity contribution < 1.29 is 59.8 Å². The molecular formula is C22H24O12. The highest BCUT2D eigenvalue weighted by Crippen LogP contribution is 2.56. The van der Waals surface area contributed by atoms with Crippen molar-refractivity contribution in [2.75, 3.05) is 14.2 Å². The second-order valence-electron chi connectivity index (χ2n) is 7.88. The molecule has 0 amide bonds. The van der Waals surface area contributed by atoms with Gasteiger partial charge < -0.3 is 59.8 Å². The van der Waals surface area contributed by atoms with Gasteiger partial charge in [0.2, 0.25) is 17.8 Å². The van der Waals surface area contributed by atoms with Crippen molar-refractivity contribution in [2.45, 2.75) is 37.6 Å². The third-order valence-electron chi connectivity index (χ3n) is 5.90. The van der Waals surface area contributed by atoms with E-state index in [2.05, 4.69) is 0 Å². The molecule has 0 aliphatic carbocycles. The van der Waals surface area contributed by atoms with E-state index in [4.69, 9.17) is 18.9 Å². The van der Waals surface area contributed by atoms with Crippen molar-refractivity contribution >= 4 is 21.5 Å². The van der Waals surface area contributed by atoms with Gasteiger partial charge in [-0.05, 0) is 19.1 Å². The number of ether oxygens (including phenoxy) is 4. The number of rotatable bonds is 4. The highest BCUT2D eigenvalue weighted by atomic mass is 16.7. The number of fused-ring (bicyclic) bond motifs is 2. The Morgan fingerprint density at radius 3 is 1.79 bits per heavy atom.